The number of hydrogen-bond acceptors (Lipinski definition) is 3. The van der Waals surface area contributed by atoms with Crippen LogP contribution in [0.4, 0.5) is 10.1 Å². The zero-order valence-electron chi connectivity index (χ0n) is 11.3. The molecule has 0 aliphatic rings. The second-order valence-corrected chi connectivity index (χ2v) is 5.75. The summed E-state index contributed by atoms with van der Waals surface area (Å²) in [6, 6.07) is 15.0. The topological polar surface area (TPSA) is 52.9 Å². The smallest absolute Gasteiger partial charge is 0.237 e. The highest BCUT2D eigenvalue weighted by atomic mass is 32.2. The van der Waals surface area contributed by atoms with Gasteiger partial charge >= 0.3 is 0 Å². The standard InChI is InChI=1S/C16H13FN2OS/c1-11(21-15-5-3-2-4-14(15)17)16(20)19-13-8-6-12(10-18)7-9-13/h2-9,11H,1H3,(H,19,20)/t11-/m1/s1. The average molecular weight is 300 g/mol. The van der Waals surface area contributed by atoms with Crippen LogP contribution in [0.3, 0.4) is 0 Å². The second kappa shape index (κ2) is 6.91. The quantitative estimate of drug-likeness (QED) is 0.873. The van der Waals surface area contributed by atoms with E-state index in [2.05, 4.69) is 5.32 Å². The van der Waals surface area contributed by atoms with Gasteiger partial charge in [-0.2, -0.15) is 5.26 Å². The molecule has 0 aliphatic heterocycles. The van der Waals surface area contributed by atoms with Gasteiger partial charge in [0.2, 0.25) is 5.91 Å². The number of thioether (sulfide) groups is 1. The van der Waals surface area contributed by atoms with E-state index < -0.39 is 5.25 Å². The van der Waals surface area contributed by atoms with Crippen LogP contribution in [-0.2, 0) is 4.79 Å². The van der Waals surface area contributed by atoms with Crippen LogP contribution in [0.2, 0.25) is 0 Å². The highest BCUT2D eigenvalue weighted by molar-refractivity contribution is 8.00. The van der Waals surface area contributed by atoms with Gasteiger partial charge < -0.3 is 5.32 Å². The van der Waals surface area contributed by atoms with Crippen molar-refractivity contribution in [2.45, 2.75) is 17.1 Å². The number of nitrogens with zero attached hydrogens (tertiary/aromatic N) is 1. The molecule has 0 heterocycles. The van der Waals surface area contributed by atoms with E-state index in [-0.39, 0.29) is 11.7 Å². The zero-order valence-corrected chi connectivity index (χ0v) is 12.2. The molecule has 0 aliphatic carbocycles. The first kappa shape index (κ1) is 15.1. The molecule has 1 N–H and O–H groups in total. The molecule has 2 aromatic carbocycles. The first-order chi connectivity index (χ1) is 10.1. The van der Waals surface area contributed by atoms with Gasteiger partial charge in [0, 0.05) is 10.6 Å². The Kier molecular flexibility index (Phi) is 4.96. The molecule has 2 rings (SSSR count). The van der Waals surface area contributed by atoms with Gasteiger partial charge in [-0.1, -0.05) is 12.1 Å². The summed E-state index contributed by atoms with van der Waals surface area (Å²) in [6.45, 7) is 1.72. The van der Waals surface area contributed by atoms with Crippen LogP contribution in [0, 0.1) is 17.1 Å². The fraction of sp³-hybridized carbons (Fsp3) is 0.125. The molecule has 0 saturated heterocycles. The molecule has 106 valence electrons. The third kappa shape index (κ3) is 4.07. The predicted octanol–water partition coefficient (Wildman–Crippen LogP) is 3.82. The fourth-order valence-electron chi connectivity index (χ4n) is 1.66. The van der Waals surface area contributed by atoms with Crippen molar-refractivity contribution in [3.8, 4) is 6.07 Å². The molecule has 0 aromatic heterocycles. The van der Waals surface area contributed by atoms with Crippen molar-refractivity contribution in [1.82, 2.24) is 0 Å². The predicted molar refractivity (Wildman–Crippen MR) is 81.5 cm³/mol. The minimum Gasteiger partial charge on any atom is -0.325 e. The lowest BCUT2D eigenvalue weighted by atomic mass is 10.2. The van der Waals surface area contributed by atoms with Crippen molar-refractivity contribution in [1.29, 1.82) is 5.26 Å². The summed E-state index contributed by atoms with van der Waals surface area (Å²) < 4.78 is 13.5. The number of nitrogens with one attached hydrogen (secondary N) is 1. The van der Waals surface area contributed by atoms with Crippen LogP contribution in [-0.4, -0.2) is 11.2 Å². The maximum absolute atomic E-state index is 13.5. The molecule has 1 atom stereocenters. The van der Waals surface area contributed by atoms with Gasteiger partial charge in [0.1, 0.15) is 5.82 Å². The van der Waals surface area contributed by atoms with E-state index >= 15 is 0 Å². The summed E-state index contributed by atoms with van der Waals surface area (Å²) in [7, 11) is 0. The number of anilines is 1. The van der Waals surface area contributed by atoms with Crippen molar-refractivity contribution in [2.75, 3.05) is 5.32 Å². The van der Waals surface area contributed by atoms with Crippen molar-refractivity contribution in [3.05, 3.63) is 59.9 Å². The van der Waals surface area contributed by atoms with E-state index in [0.29, 0.717) is 16.1 Å². The van der Waals surface area contributed by atoms with E-state index in [1.165, 1.54) is 17.8 Å². The van der Waals surface area contributed by atoms with Crippen molar-refractivity contribution in [3.63, 3.8) is 0 Å². The summed E-state index contributed by atoms with van der Waals surface area (Å²) >= 11 is 1.17. The Morgan fingerprint density at radius 1 is 1.24 bits per heavy atom. The lowest BCUT2D eigenvalue weighted by Gasteiger charge is -2.12. The van der Waals surface area contributed by atoms with Crippen LogP contribution in [0.15, 0.2) is 53.4 Å². The molecule has 0 spiro atoms. The van der Waals surface area contributed by atoms with Gasteiger partial charge in [0.25, 0.3) is 0 Å². The third-order valence-electron chi connectivity index (χ3n) is 2.79. The molecule has 0 unspecified atom stereocenters. The SMILES string of the molecule is C[C@@H](Sc1ccccc1F)C(=O)Nc1ccc(C#N)cc1. The molecule has 5 heteroatoms. The minimum atomic E-state index is -0.433. The fourth-order valence-corrected chi connectivity index (χ4v) is 2.54. The Bertz CT molecular complexity index is 679. The van der Waals surface area contributed by atoms with Gasteiger partial charge in [-0.15, -0.1) is 11.8 Å². The van der Waals surface area contributed by atoms with E-state index in [4.69, 9.17) is 5.26 Å². The Morgan fingerprint density at radius 3 is 2.52 bits per heavy atom. The van der Waals surface area contributed by atoms with Crippen molar-refractivity contribution >= 4 is 23.4 Å². The van der Waals surface area contributed by atoms with Gasteiger partial charge in [0.05, 0.1) is 16.9 Å². The summed E-state index contributed by atoms with van der Waals surface area (Å²) in [4.78, 5) is 12.5. The third-order valence-corrected chi connectivity index (χ3v) is 3.94. The molecular formula is C16H13FN2OS. The molecule has 1 amide bonds. The highest BCUT2D eigenvalue weighted by Crippen LogP contribution is 2.26. The lowest BCUT2D eigenvalue weighted by molar-refractivity contribution is -0.115. The lowest BCUT2D eigenvalue weighted by Crippen LogP contribution is -2.22. The highest BCUT2D eigenvalue weighted by Gasteiger charge is 2.16. The summed E-state index contributed by atoms with van der Waals surface area (Å²) in [5.41, 5.74) is 1.14. The van der Waals surface area contributed by atoms with Crippen LogP contribution < -0.4 is 5.32 Å². The zero-order chi connectivity index (χ0) is 15.2. The number of halogens is 1. The Hall–Kier alpha value is -2.32. The molecule has 3 nitrogen and oxygen atoms in total. The molecule has 2 aromatic rings. The minimum absolute atomic E-state index is 0.215. The molecule has 0 radical (unpaired) electrons. The van der Waals surface area contributed by atoms with Crippen molar-refractivity contribution in [2.24, 2.45) is 0 Å². The first-order valence-corrected chi connectivity index (χ1v) is 7.20. The van der Waals surface area contributed by atoms with Crippen LogP contribution >= 0.6 is 11.8 Å². The number of carbonyl (C=O) groups is 1. The Labute approximate surface area is 126 Å². The summed E-state index contributed by atoms with van der Waals surface area (Å²) in [5.74, 6) is -0.548. The molecular weight excluding hydrogens is 287 g/mol. The number of carbonyl (C=O) groups excluding carboxylic acids is 1. The average Bonchev–Trinajstić information content (AvgIpc) is 2.50. The van der Waals surface area contributed by atoms with Crippen LogP contribution in [0.25, 0.3) is 0 Å². The maximum atomic E-state index is 13.5. The molecule has 0 bridgehead atoms. The Balaban J connectivity index is 1.99. The van der Waals surface area contributed by atoms with Gasteiger partial charge in [-0.3, -0.25) is 4.79 Å². The first-order valence-electron chi connectivity index (χ1n) is 6.32. The summed E-state index contributed by atoms with van der Waals surface area (Å²) in [5, 5.41) is 11.0. The Morgan fingerprint density at radius 2 is 1.90 bits per heavy atom. The molecule has 0 saturated carbocycles. The van der Waals surface area contributed by atoms with Gasteiger partial charge in [-0.05, 0) is 43.3 Å². The number of amides is 1. The monoisotopic (exact) mass is 300 g/mol. The van der Waals surface area contributed by atoms with Crippen LogP contribution in [0.5, 0.6) is 0 Å². The molecule has 0 fully saturated rings. The van der Waals surface area contributed by atoms with Crippen LogP contribution in [0.1, 0.15) is 12.5 Å². The normalized spacial score (nSPS) is 11.5. The number of benzene rings is 2. The number of rotatable bonds is 4. The maximum Gasteiger partial charge on any atom is 0.237 e. The van der Waals surface area contributed by atoms with Gasteiger partial charge in [0.15, 0.2) is 0 Å². The number of hydrogen-bond donors (Lipinski definition) is 1. The number of nitriles is 1. The second-order valence-electron chi connectivity index (χ2n) is 4.37. The van der Waals surface area contributed by atoms with Crippen molar-refractivity contribution < 1.29 is 9.18 Å². The van der Waals surface area contributed by atoms with E-state index in [1.54, 1.807) is 49.4 Å². The summed E-state index contributed by atoms with van der Waals surface area (Å²) in [6.07, 6.45) is 0. The molecule has 21 heavy (non-hydrogen) atoms. The van der Waals surface area contributed by atoms with E-state index in [0.717, 1.165) is 0 Å². The van der Waals surface area contributed by atoms with E-state index in [1.807, 2.05) is 6.07 Å². The van der Waals surface area contributed by atoms with E-state index in [9.17, 15) is 9.18 Å². The van der Waals surface area contributed by atoms with Gasteiger partial charge in [-0.25, -0.2) is 4.39 Å². The largest absolute Gasteiger partial charge is 0.325 e.